The Morgan fingerprint density at radius 2 is 2.44 bits per heavy atom. The Hall–Kier alpha value is -0.380. The molecule has 16 heavy (non-hydrogen) atoms. The molecule has 1 saturated heterocycles. The van der Waals surface area contributed by atoms with Crippen molar-refractivity contribution in [3.63, 3.8) is 0 Å². The van der Waals surface area contributed by atoms with Crippen molar-refractivity contribution in [2.75, 3.05) is 26.2 Å². The lowest BCUT2D eigenvalue weighted by Gasteiger charge is -2.35. The summed E-state index contributed by atoms with van der Waals surface area (Å²) in [5, 5.41) is 8.04. The molecule has 0 aliphatic carbocycles. The van der Waals surface area contributed by atoms with Crippen LogP contribution in [-0.4, -0.2) is 37.1 Å². The predicted octanol–water partition coefficient (Wildman–Crippen LogP) is 2.22. The summed E-state index contributed by atoms with van der Waals surface area (Å²) in [7, 11) is 0. The molecule has 1 atom stereocenters. The van der Waals surface area contributed by atoms with Crippen molar-refractivity contribution >= 4 is 11.3 Å². The van der Waals surface area contributed by atoms with Crippen molar-refractivity contribution < 1.29 is 0 Å². The van der Waals surface area contributed by atoms with Crippen molar-refractivity contribution in [2.45, 2.75) is 26.3 Å². The second kappa shape index (κ2) is 5.80. The van der Waals surface area contributed by atoms with Gasteiger partial charge in [-0.3, -0.25) is 0 Å². The van der Waals surface area contributed by atoms with Gasteiger partial charge in [-0.25, -0.2) is 0 Å². The third-order valence-electron chi connectivity index (χ3n) is 3.39. The SMILES string of the molecule is CC(C)C1CN(CCc2ccsc2)CCN1. The van der Waals surface area contributed by atoms with Crippen LogP contribution in [0, 0.1) is 5.92 Å². The Morgan fingerprint density at radius 3 is 3.12 bits per heavy atom. The number of nitrogens with one attached hydrogen (secondary N) is 1. The molecule has 0 aromatic carbocycles. The van der Waals surface area contributed by atoms with E-state index >= 15 is 0 Å². The maximum Gasteiger partial charge on any atom is 0.0218 e. The Morgan fingerprint density at radius 1 is 1.56 bits per heavy atom. The highest BCUT2D eigenvalue weighted by molar-refractivity contribution is 7.07. The second-order valence-corrected chi connectivity index (χ2v) is 5.77. The standard InChI is InChI=1S/C13H22N2S/c1-11(2)13-9-15(7-5-14-13)6-3-12-4-8-16-10-12/h4,8,10-11,13-14H,3,5-7,9H2,1-2H3. The van der Waals surface area contributed by atoms with Crippen LogP contribution in [0.15, 0.2) is 16.8 Å². The molecule has 2 nitrogen and oxygen atoms in total. The average Bonchev–Trinajstić information content (AvgIpc) is 2.79. The predicted molar refractivity (Wildman–Crippen MR) is 71.1 cm³/mol. The van der Waals surface area contributed by atoms with Crippen molar-refractivity contribution in [1.82, 2.24) is 10.2 Å². The highest BCUT2D eigenvalue weighted by atomic mass is 32.1. The zero-order chi connectivity index (χ0) is 11.4. The number of nitrogens with zero attached hydrogens (tertiary/aromatic N) is 1. The molecule has 0 spiro atoms. The molecule has 0 bridgehead atoms. The molecule has 1 aromatic heterocycles. The quantitative estimate of drug-likeness (QED) is 0.865. The highest BCUT2D eigenvalue weighted by Crippen LogP contribution is 2.11. The van der Waals surface area contributed by atoms with Crippen LogP contribution in [0.25, 0.3) is 0 Å². The van der Waals surface area contributed by atoms with Gasteiger partial charge in [-0.15, -0.1) is 0 Å². The molecule has 1 unspecified atom stereocenters. The number of piperazine rings is 1. The van der Waals surface area contributed by atoms with Crippen LogP contribution in [0.5, 0.6) is 0 Å². The lowest BCUT2D eigenvalue weighted by atomic mass is 10.0. The Kier molecular flexibility index (Phi) is 4.38. The Bertz CT molecular complexity index is 295. The minimum absolute atomic E-state index is 0.677. The van der Waals surface area contributed by atoms with Crippen molar-refractivity contribution in [2.24, 2.45) is 5.92 Å². The van der Waals surface area contributed by atoms with E-state index in [1.165, 1.54) is 31.6 Å². The number of hydrogen-bond donors (Lipinski definition) is 1. The van der Waals surface area contributed by atoms with Crippen molar-refractivity contribution in [3.8, 4) is 0 Å². The van der Waals surface area contributed by atoms with Crippen molar-refractivity contribution in [1.29, 1.82) is 0 Å². The van der Waals surface area contributed by atoms with Gasteiger partial charge in [-0.1, -0.05) is 13.8 Å². The third-order valence-corrected chi connectivity index (χ3v) is 4.12. The summed E-state index contributed by atoms with van der Waals surface area (Å²) in [5.74, 6) is 0.740. The van der Waals surface area contributed by atoms with Gasteiger partial charge in [0.15, 0.2) is 0 Å². The molecule has 1 aromatic rings. The van der Waals surface area contributed by atoms with Crippen LogP contribution in [0.1, 0.15) is 19.4 Å². The zero-order valence-corrected chi connectivity index (χ0v) is 11.1. The summed E-state index contributed by atoms with van der Waals surface area (Å²) < 4.78 is 0. The van der Waals surface area contributed by atoms with Gasteiger partial charge >= 0.3 is 0 Å². The number of hydrogen-bond acceptors (Lipinski definition) is 3. The minimum atomic E-state index is 0.677. The first-order valence-corrected chi connectivity index (χ1v) is 7.17. The fraction of sp³-hybridized carbons (Fsp3) is 0.692. The van der Waals surface area contributed by atoms with E-state index in [-0.39, 0.29) is 0 Å². The van der Waals surface area contributed by atoms with Gasteiger partial charge in [0.1, 0.15) is 0 Å². The largest absolute Gasteiger partial charge is 0.311 e. The van der Waals surface area contributed by atoms with Gasteiger partial charge in [0.2, 0.25) is 0 Å². The summed E-state index contributed by atoms with van der Waals surface area (Å²) >= 11 is 1.80. The van der Waals surface area contributed by atoms with E-state index < -0.39 is 0 Å². The molecule has 90 valence electrons. The summed E-state index contributed by atoms with van der Waals surface area (Å²) in [6.07, 6.45) is 1.20. The Balaban J connectivity index is 1.77. The minimum Gasteiger partial charge on any atom is -0.311 e. The van der Waals surface area contributed by atoms with Crippen LogP contribution in [-0.2, 0) is 6.42 Å². The van der Waals surface area contributed by atoms with E-state index in [0.29, 0.717) is 6.04 Å². The molecule has 0 saturated carbocycles. The molecule has 0 radical (unpaired) electrons. The van der Waals surface area contributed by atoms with E-state index in [0.717, 1.165) is 12.5 Å². The van der Waals surface area contributed by atoms with Gasteiger partial charge in [0, 0.05) is 32.2 Å². The molecule has 1 aliphatic rings. The summed E-state index contributed by atoms with van der Waals surface area (Å²) in [4.78, 5) is 2.60. The van der Waals surface area contributed by atoms with E-state index in [2.05, 4.69) is 40.9 Å². The molecule has 2 heterocycles. The first-order valence-electron chi connectivity index (χ1n) is 6.22. The van der Waals surface area contributed by atoms with Crippen LogP contribution in [0.2, 0.25) is 0 Å². The number of rotatable bonds is 4. The molecular formula is C13H22N2S. The van der Waals surface area contributed by atoms with E-state index in [4.69, 9.17) is 0 Å². The second-order valence-electron chi connectivity index (χ2n) is 4.99. The van der Waals surface area contributed by atoms with Crippen molar-refractivity contribution in [3.05, 3.63) is 22.4 Å². The smallest absolute Gasteiger partial charge is 0.0218 e. The van der Waals surface area contributed by atoms with E-state index in [1.807, 2.05) is 0 Å². The fourth-order valence-corrected chi connectivity index (χ4v) is 2.92. The van der Waals surface area contributed by atoms with Gasteiger partial charge in [-0.2, -0.15) is 11.3 Å². The highest BCUT2D eigenvalue weighted by Gasteiger charge is 2.21. The van der Waals surface area contributed by atoms with Gasteiger partial charge in [0.25, 0.3) is 0 Å². The normalized spacial score (nSPS) is 22.8. The molecule has 1 aliphatic heterocycles. The lowest BCUT2D eigenvalue weighted by molar-refractivity contribution is 0.177. The van der Waals surface area contributed by atoms with Gasteiger partial charge < -0.3 is 10.2 Å². The summed E-state index contributed by atoms with van der Waals surface area (Å²) in [6.45, 7) is 9.38. The first-order chi connectivity index (χ1) is 7.75. The summed E-state index contributed by atoms with van der Waals surface area (Å²) in [6, 6.07) is 2.92. The fourth-order valence-electron chi connectivity index (χ4n) is 2.21. The maximum atomic E-state index is 3.60. The molecular weight excluding hydrogens is 216 g/mol. The van der Waals surface area contributed by atoms with E-state index in [1.54, 1.807) is 11.3 Å². The maximum absolute atomic E-state index is 3.60. The van der Waals surface area contributed by atoms with Crippen LogP contribution in [0.4, 0.5) is 0 Å². The first kappa shape index (κ1) is 12.1. The van der Waals surface area contributed by atoms with Crippen LogP contribution < -0.4 is 5.32 Å². The molecule has 3 heteroatoms. The summed E-state index contributed by atoms with van der Waals surface area (Å²) in [5.41, 5.74) is 1.49. The topological polar surface area (TPSA) is 15.3 Å². The molecule has 1 N–H and O–H groups in total. The Labute approximate surface area is 103 Å². The zero-order valence-electron chi connectivity index (χ0n) is 10.3. The molecule has 2 rings (SSSR count). The van der Waals surface area contributed by atoms with Crippen LogP contribution >= 0.6 is 11.3 Å². The average molecular weight is 238 g/mol. The van der Waals surface area contributed by atoms with E-state index in [9.17, 15) is 0 Å². The number of thiophene rings is 1. The van der Waals surface area contributed by atoms with Gasteiger partial charge in [-0.05, 0) is 34.7 Å². The third kappa shape index (κ3) is 3.30. The van der Waals surface area contributed by atoms with Gasteiger partial charge in [0.05, 0.1) is 0 Å². The monoisotopic (exact) mass is 238 g/mol. The lowest BCUT2D eigenvalue weighted by Crippen LogP contribution is -2.53. The van der Waals surface area contributed by atoms with Crippen LogP contribution in [0.3, 0.4) is 0 Å². The molecule has 1 fully saturated rings. The molecule has 0 amide bonds.